The van der Waals surface area contributed by atoms with Crippen LogP contribution in [0, 0.1) is 5.92 Å². The van der Waals surface area contributed by atoms with Gasteiger partial charge in [-0.1, -0.05) is 6.92 Å². The minimum atomic E-state index is 0.503. The van der Waals surface area contributed by atoms with E-state index in [0.29, 0.717) is 6.10 Å². The summed E-state index contributed by atoms with van der Waals surface area (Å²) in [5.41, 5.74) is 0. The molecule has 1 heterocycles. The fourth-order valence-corrected chi connectivity index (χ4v) is 1.07. The topological polar surface area (TPSA) is 9.23 Å². The molecule has 0 unspecified atom stereocenters. The summed E-state index contributed by atoms with van der Waals surface area (Å²) in [4.78, 5) is 0. The Hall–Kier alpha value is -0.0400. The first-order chi connectivity index (χ1) is 3.80. The summed E-state index contributed by atoms with van der Waals surface area (Å²) in [6.07, 6.45) is 3.11. The van der Waals surface area contributed by atoms with E-state index in [0.717, 1.165) is 12.5 Å². The van der Waals surface area contributed by atoms with Crippen LogP contribution < -0.4 is 0 Å². The summed E-state index contributed by atoms with van der Waals surface area (Å²) in [5.74, 6) is 0.781. The molecule has 1 aliphatic rings. The molecule has 0 saturated carbocycles. The average molecular weight is 114 g/mol. The van der Waals surface area contributed by atoms with Crippen molar-refractivity contribution in [2.75, 3.05) is 6.61 Å². The first kappa shape index (κ1) is 6.09. The minimum Gasteiger partial charge on any atom is -0.378 e. The predicted octanol–water partition coefficient (Wildman–Crippen LogP) is 1.82. The van der Waals surface area contributed by atoms with Crippen LogP contribution in [0.5, 0.6) is 0 Å². The Bertz CT molecular complexity index is 60.8. The maximum absolute atomic E-state index is 5.39. The van der Waals surface area contributed by atoms with Crippen molar-refractivity contribution in [3.63, 3.8) is 0 Å². The van der Waals surface area contributed by atoms with Crippen LogP contribution in [-0.4, -0.2) is 12.7 Å². The lowest BCUT2D eigenvalue weighted by molar-refractivity contribution is -0.00789. The molecule has 0 aromatic carbocycles. The number of hydrogen-bond acceptors (Lipinski definition) is 1. The second kappa shape index (κ2) is 2.49. The molecule has 0 aromatic heterocycles. The summed E-state index contributed by atoms with van der Waals surface area (Å²) >= 11 is 0. The van der Waals surface area contributed by atoms with Gasteiger partial charge in [0.15, 0.2) is 0 Å². The molecule has 0 radical (unpaired) electrons. The van der Waals surface area contributed by atoms with Crippen LogP contribution in [0.25, 0.3) is 0 Å². The van der Waals surface area contributed by atoms with Crippen molar-refractivity contribution in [3.05, 3.63) is 0 Å². The second-order valence-electron chi connectivity index (χ2n) is 2.70. The van der Waals surface area contributed by atoms with Gasteiger partial charge < -0.3 is 4.74 Å². The molecule has 0 bridgehead atoms. The molecule has 1 rings (SSSR count). The Balaban J connectivity index is 2.28. The normalized spacial score (nSPS) is 39.8. The zero-order valence-corrected chi connectivity index (χ0v) is 5.68. The molecule has 1 heteroatoms. The SMILES string of the molecule is C[C@@H]1CCCO[C@@H]1C. The van der Waals surface area contributed by atoms with Crippen molar-refractivity contribution in [3.8, 4) is 0 Å². The van der Waals surface area contributed by atoms with E-state index in [9.17, 15) is 0 Å². The van der Waals surface area contributed by atoms with Gasteiger partial charge in [0.1, 0.15) is 0 Å². The van der Waals surface area contributed by atoms with Crippen molar-refractivity contribution >= 4 is 0 Å². The number of hydrogen-bond donors (Lipinski definition) is 0. The van der Waals surface area contributed by atoms with Crippen LogP contribution in [0.4, 0.5) is 0 Å². The van der Waals surface area contributed by atoms with Crippen molar-refractivity contribution in [1.29, 1.82) is 0 Å². The Morgan fingerprint density at radius 3 is 2.50 bits per heavy atom. The predicted molar refractivity (Wildman–Crippen MR) is 33.8 cm³/mol. The average Bonchev–Trinajstić information content (AvgIpc) is 1.77. The fourth-order valence-electron chi connectivity index (χ4n) is 1.07. The van der Waals surface area contributed by atoms with Gasteiger partial charge in [-0.3, -0.25) is 0 Å². The summed E-state index contributed by atoms with van der Waals surface area (Å²) in [5, 5.41) is 0. The van der Waals surface area contributed by atoms with Crippen LogP contribution in [0.1, 0.15) is 26.7 Å². The van der Waals surface area contributed by atoms with Gasteiger partial charge in [0.2, 0.25) is 0 Å². The lowest BCUT2D eigenvalue weighted by Crippen LogP contribution is -2.23. The molecule has 2 atom stereocenters. The van der Waals surface area contributed by atoms with E-state index >= 15 is 0 Å². The van der Waals surface area contributed by atoms with E-state index < -0.39 is 0 Å². The molecule has 0 spiro atoms. The highest BCUT2D eigenvalue weighted by Gasteiger charge is 2.16. The van der Waals surface area contributed by atoms with Crippen LogP contribution in [-0.2, 0) is 4.74 Å². The van der Waals surface area contributed by atoms with Crippen LogP contribution in [0.2, 0.25) is 0 Å². The van der Waals surface area contributed by atoms with E-state index in [1.165, 1.54) is 12.8 Å². The van der Waals surface area contributed by atoms with Crippen molar-refractivity contribution in [2.45, 2.75) is 32.8 Å². The molecule has 8 heavy (non-hydrogen) atoms. The minimum absolute atomic E-state index is 0.503. The lowest BCUT2D eigenvalue weighted by Gasteiger charge is -2.25. The smallest absolute Gasteiger partial charge is 0.0572 e. The number of rotatable bonds is 0. The van der Waals surface area contributed by atoms with E-state index in [4.69, 9.17) is 4.74 Å². The second-order valence-corrected chi connectivity index (χ2v) is 2.70. The first-order valence-corrected chi connectivity index (χ1v) is 3.42. The zero-order valence-electron chi connectivity index (χ0n) is 5.68. The standard InChI is InChI=1S/C7H14O/c1-6-4-3-5-8-7(6)2/h6-7H,3-5H2,1-2H3/t6-,7-/m1/s1. The molecule has 48 valence electrons. The Morgan fingerprint density at radius 1 is 1.38 bits per heavy atom. The quantitative estimate of drug-likeness (QED) is 0.466. The molecule has 0 amide bonds. The van der Waals surface area contributed by atoms with Crippen LogP contribution in [0.3, 0.4) is 0 Å². The van der Waals surface area contributed by atoms with Crippen molar-refractivity contribution in [1.82, 2.24) is 0 Å². The zero-order chi connectivity index (χ0) is 5.98. The summed E-state index contributed by atoms with van der Waals surface area (Å²) in [6.45, 7) is 5.39. The maximum Gasteiger partial charge on any atom is 0.0572 e. The van der Waals surface area contributed by atoms with E-state index in [1.807, 2.05) is 0 Å². The lowest BCUT2D eigenvalue weighted by atomic mass is 9.98. The van der Waals surface area contributed by atoms with Gasteiger partial charge in [0.05, 0.1) is 6.10 Å². The molecule has 1 nitrogen and oxygen atoms in total. The van der Waals surface area contributed by atoms with E-state index in [2.05, 4.69) is 13.8 Å². The maximum atomic E-state index is 5.39. The monoisotopic (exact) mass is 114 g/mol. The Kier molecular flexibility index (Phi) is 1.90. The Morgan fingerprint density at radius 2 is 2.12 bits per heavy atom. The fraction of sp³-hybridized carbons (Fsp3) is 1.00. The van der Waals surface area contributed by atoms with Gasteiger partial charge in [-0.25, -0.2) is 0 Å². The van der Waals surface area contributed by atoms with Gasteiger partial charge in [-0.2, -0.15) is 0 Å². The molecule has 1 fully saturated rings. The van der Waals surface area contributed by atoms with Gasteiger partial charge in [0, 0.05) is 6.61 Å². The molecular weight excluding hydrogens is 100 g/mol. The van der Waals surface area contributed by atoms with E-state index in [1.54, 1.807) is 0 Å². The van der Waals surface area contributed by atoms with Gasteiger partial charge >= 0.3 is 0 Å². The molecule has 0 N–H and O–H groups in total. The molecule has 1 aliphatic heterocycles. The third kappa shape index (κ3) is 1.22. The van der Waals surface area contributed by atoms with Gasteiger partial charge in [-0.15, -0.1) is 0 Å². The van der Waals surface area contributed by atoms with Crippen molar-refractivity contribution in [2.24, 2.45) is 5.92 Å². The third-order valence-corrected chi connectivity index (χ3v) is 1.99. The largest absolute Gasteiger partial charge is 0.378 e. The van der Waals surface area contributed by atoms with Gasteiger partial charge in [-0.05, 0) is 25.7 Å². The molecule has 0 aliphatic carbocycles. The summed E-state index contributed by atoms with van der Waals surface area (Å²) in [7, 11) is 0. The van der Waals surface area contributed by atoms with E-state index in [-0.39, 0.29) is 0 Å². The highest BCUT2D eigenvalue weighted by molar-refractivity contribution is 4.65. The molecule has 1 saturated heterocycles. The molecule has 0 aromatic rings. The highest BCUT2D eigenvalue weighted by atomic mass is 16.5. The third-order valence-electron chi connectivity index (χ3n) is 1.99. The summed E-state index contributed by atoms with van der Waals surface area (Å²) < 4.78 is 5.39. The van der Waals surface area contributed by atoms with Crippen LogP contribution in [0.15, 0.2) is 0 Å². The van der Waals surface area contributed by atoms with Crippen LogP contribution >= 0.6 is 0 Å². The summed E-state index contributed by atoms with van der Waals surface area (Å²) in [6, 6.07) is 0. The molecular formula is C7H14O. The highest BCUT2D eigenvalue weighted by Crippen LogP contribution is 2.18. The van der Waals surface area contributed by atoms with Crippen molar-refractivity contribution < 1.29 is 4.74 Å². The number of ether oxygens (including phenoxy) is 1. The Labute approximate surface area is 51.0 Å². The van der Waals surface area contributed by atoms with Gasteiger partial charge in [0.25, 0.3) is 0 Å². The first-order valence-electron chi connectivity index (χ1n) is 3.42.